The van der Waals surface area contributed by atoms with E-state index in [0.717, 1.165) is 66.6 Å². The molecule has 0 unspecified atom stereocenters. The standard InChI is InChI=1S/C38H23N5/c1-2-11-25-22-27(20-19-24(25)10-1)34-29-14-3-6-17-32(29)40-38(42-34)28-13-9-12-26(23-28)35-37-36(30-15-4-5-16-31(30)39-35)41-33-18-7-8-21-43(33)37/h1-23H. The third-order valence-electron chi connectivity index (χ3n) is 8.17. The van der Waals surface area contributed by atoms with Crippen LogP contribution in [0.25, 0.3) is 83.2 Å². The molecule has 4 heterocycles. The first-order valence-corrected chi connectivity index (χ1v) is 14.3. The number of fused-ring (bicyclic) bond motifs is 7. The lowest BCUT2D eigenvalue weighted by Gasteiger charge is -2.12. The first-order chi connectivity index (χ1) is 21.3. The van der Waals surface area contributed by atoms with Crippen molar-refractivity contribution in [2.24, 2.45) is 0 Å². The smallest absolute Gasteiger partial charge is 0.160 e. The highest BCUT2D eigenvalue weighted by molar-refractivity contribution is 6.09. The molecule has 0 amide bonds. The molecule has 0 saturated heterocycles. The zero-order chi connectivity index (χ0) is 28.3. The fourth-order valence-corrected chi connectivity index (χ4v) is 6.12. The lowest BCUT2D eigenvalue weighted by molar-refractivity contribution is 1.22. The average molecular weight is 550 g/mol. The first kappa shape index (κ1) is 23.7. The Morgan fingerprint density at radius 2 is 1.16 bits per heavy atom. The Bertz CT molecular complexity index is 2530. The minimum absolute atomic E-state index is 0.680. The van der Waals surface area contributed by atoms with Gasteiger partial charge in [-0.3, -0.25) is 4.40 Å². The summed E-state index contributed by atoms with van der Waals surface area (Å²) in [6.45, 7) is 0. The summed E-state index contributed by atoms with van der Waals surface area (Å²) in [5, 5.41) is 4.46. The molecule has 0 fully saturated rings. The SMILES string of the molecule is c1cc(-c2nc(-c3ccc4ccccc4c3)c3ccccc3n2)cc(-c2nc3ccccc3c3nc4ccccn4c23)c1. The van der Waals surface area contributed by atoms with Gasteiger partial charge in [-0.05, 0) is 47.2 Å². The van der Waals surface area contributed by atoms with E-state index in [9.17, 15) is 0 Å². The topological polar surface area (TPSA) is 56.0 Å². The fourth-order valence-electron chi connectivity index (χ4n) is 6.12. The molecule has 200 valence electrons. The van der Waals surface area contributed by atoms with Gasteiger partial charge in [0, 0.05) is 33.7 Å². The monoisotopic (exact) mass is 549 g/mol. The van der Waals surface area contributed by atoms with Crippen molar-refractivity contribution in [1.82, 2.24) is 24.3 Å². The number of para-hydroxylation sites is 2. The van der Waals surface area contributed by atoms with Gasteiger partial charge in [0.2, 0.25) is 0 Å². The van der Waals surface area contributed by atoms with E-state index in [0.29, 0.717) is 5.82 Å². The summed E-state index contributed by atoms with van der Waals surface area (Å²) in [6, 6.07) is 45.8. The number of hydrogen-bond acceptors (Lipinski definition) is 4. The van der Waals surface area contributed by atoms with Crippen LogP contribution in [0.4, 0.5) is 0 Å². The molecule has 0 spiro atoms. The predicted molar refractivity (Wildman–Crippen MR) is 175 cm³/mol. The minimum atomic E-state index is 0.680. The van der Waals surface area contributed by atoms with E-state index in [1.807, 2.05) is 42.5 Å². The second-order valence-corrected chi connectivity index (χ2v) is 10.8. The molecule has 9 rings (SSSR count). The Kier molecular flexibility index (Phi) is 5.13. The lowest BCUT2D eigenvalue weighted by atomic mass is 10.0. The van der Waals surface area contributed by atoms with Crippen LogP contribution in [0.2, 0.25) is 0 Å². The van der Waals surface area contributed by atoms with Crippen LogP contribution in [0.5, 0.6) is 0 Å². The Balaban J connectivity index is 1.27. The zero-order valence-corrected chi connectivity index (χ0v) is 23.0. The van der Waals surface area contributed by atoms with Crippen LogP contribution >= 0.6 is 0 Å². The Labute approximate surface area is 246 Å². The van der Waals surface area contributed by atoms with Gasteiger partial charge in [-0.15, -0.1) is 0 Å². The summed E-state index contributed by atoms with van der Waals surface area (Å²) in [4.78, 5) is 20.4. The minimum Gasteiger partial charge on any atom is -0.298 e. The summed E-state index contributed by atoms with van der Waals surface area (Å²) in [6.07, 6.45) is 2.05. The van der Waals surface area contributed by atoms with Gasteiger partial charge in [-0.1, -0.05) is 97.1 Å². The van der Waals surface area contributed by atoms with Crippen molar-refractivity contribution < 1.29 is 0 Å². The van der Waals surface area contributed by atoms with Crippen molar-refractivity contribution >= 4 is 49.3 Å². The summed E-state index contributed by atoms with van der Waals surface area (Å²) in [5.74, 6) is 0.680. The van der Waals surface area contributed by atoms with Crippen LogP contribution < -0.4 is 0 Å². The van der Waals surface area contributed by atoms with E-state index in [4.69, 9.17) is 19.9 Å². The normalized spacial score (nSPS) is 11.7. The van der Waals surface area contributed by atoms with Gasteiger partial charge in [-0.25, -0.2) is 19.9 Å². The number of hydrogen-bond donors (Lipinski definition) is 0. The van der Waals surface area contributed by atoms with Gasteiger partial charge in [-0.2, -0.15) is 0 Å². The molecule has 0 radical (unpaired) electrons. The van der Waals surface area contributed by atoms with Gasteiger partial charge in [0.15, 0.2) is 5.82 Å². The number of benzene rings is 5. The molecular weight excluding hydrogens is 526 g/mol. The van der Waals surface area contributed by atoms with E-state index in [1.165, 1.54) is 10.8 Å². The summed E-state index contributed by atoms with van der Waals surface area (Å²) >= 11 is 0. The lowest BCUT2D eigenvalue weighted by Crippen LogP contribution is -1.96. The summed E-state index contributed by atoms with van der Waals surface area (Å²) in [5.41, 5.74) is 9.44. The number of nitrogens with zero attached hydrogens (tertiary/aromatic N) is 5. The first-order valence-electron chi connectivity index (χ1n) is 14.3. The maximum absolute atomic E-state index is 5.19. The molecule has 0 atom stereocenters. The molecule has 43 heavy (non-hydrogen) atoms. The van der Waals surface area contributed by atoms with Crippen LogP contribution in [0.3, 0.4) is 0 Å². The maximum Gasteiger partial charge on any atom is 0.160 e. The van der Waals surface area contributed by atoms with Crippen molar-refractivity contribution in [2.45, 2.75) is 0 Å². The van der Waals surface area contributed by atoms with Gasteiger partial charge >= 0.3 is 0 Å². The van der Waals surface area contributed by atoms with Crippen LogP contribution in [-0.2, 0) is 0 Å². The highest BCUT2D eigenvalue weighted by Crippen LogP contribution is 2.35. The third-order valence-corrected chi connectivity index (χ3v) is 8.17. The fraction of sp³-hybridized carbons (Fsp3) is 0. The molecule has 5 aromatic carbocycles. The molecule has 0 N–H and O–H groups in total. The van der Waals surface area contributed by atoms with E-state index >= 15 is 0 Å². The molecule has 4 aromatic heterocycles. The van der Waals surface area contributed by atoms with Gasteiger partial charge in [0.25, 0.3) is 0 Å². The highest BCUT2D eigenvalue weighted by atomic mass is 15.0. The maximum atomic E-state index is 5.19. The number of rotatable bonds is 3. The van der Waals surface area contributed by atoms with Crippen molar-refractivity contribution in [3.63, 3.8) is 0 Å². The van der Waals surface area contributed by atoms with Gasteiger partial charge < -0.3 is 0 Å². The van der Waals surface area contributed by atoms with E-state index in [-0.39, 0.29) is 0 Å². The Morgan fingerprint density at radius 1 is 0.442 bits per heavy atom. The largest absolute Gasteiger partial charge is 0.298 e. The Morgan fingerprint density at radius 3 is 2.07 bits per heavy atom. The molecule has 9 aromatic rings. The van der Waals surface area contributed by atoms with Crippen LogP contribution in [0.1, 0.15) is 0 Å². The number of pyridine rings is 2. The van der Waals surface area contributed by atoms with Crippen LogP contribution in [-0.4, -0.2) is 24.3 Å². The third kappa shape index (κ3) is 3.79. The van der Waals surface area contributed by atoms with E-state index in [1.54, 1.807) is 0 Å². The highest BCUT2D eigenvalue weighted by Gasteiger charge is 2.18. The summed E-state index contributed by atoms with van der Waals surface area (Å²) < 4.78 is 2.13. The molecule has 0 aliphatic heterocycles. The van der Waals surface area contributed by atoms with Crippen molar-refractivity contribution in [1.29, 1.82) is 0 Å². The number of imidazole rings is 1. The average Bonchev–Trinajstić information content (AvgIpc) is 3.47. The second kappa shape index (κ2) is 9.29. The van der Waals surface area contributed by atoms with Gasteiger partial charge in [0.1, 0.15) is 11.2 Å². The molecular formula is C38H23N5. The zero-order valence-electron chi connectivity index (χ0n) is 23.0. The molecule has 5 heteroatoms. The Hall–Kier alpha value is -5.94. The van der Waals surface area contributed by atoms with Crippen molar-refractivity contribution in [3.05, 3.63) is 140 Å². The van der Waals surface area contributed by atoms with Crippen molar-refractivity contribution in [3.8, 4) is 33.9 Å². The summed E-state index contributed by atoms with van der Waals surface area (Å²) in [7, 11) is 0. The van der Waals surface area contributed by atoms with E-state index in [2.05, 4.69) is 102 Å². The van der Waals surface area contributed by atoms with Crippen LogP contribution in [0, 0.1) is 0 Å². The van der Waals surface area contributed by atoms with Gasteiger partial charge in [0.05, 0.1) is 27.9 Å². The number of aromatic nitrogens is 5. The van der Waals surface area contributed by atoms with Crippen LogP contribution in [0.15, 0.2) is 140 Å². The quantitative estimate of drug-likeness (QED) is 0.220. The van der Waals surface area contributed by atoms with Crippen molar-refractivity contribution in [2.75, 3.05) is 0 Å². The van der Waals surface area contributed by atoms with E-state index < -0.39 is 0 Å². The predicted octanol–water partition coefficient (Wildman–Crippen LogP) is 9.13. The molecule has 0 bridgehead atoms. The molecule has 5 nitrogen and oxygen atoms in total. The molecule has 0 saturated carbocycles. The molecule has 0 aliphatic carbocycles. The molecule has 0 aliphatic rings. The second-order valence-electron chi connectivity index (χ2n) is 10.8.